The van der Waals surface area contributed by atoms with Crippen LogP contribution >= 0.6 is 11.3 Å². The Kier molecular flexibility index (Phi) is 6.17. The molecule has 0 saturated carbocycles. The van der Waals surface area contributed by atoms with Crippen LogP contribution < -0.4 is 14.8 Å². The van der Waals surface area contributed by atoms with E-state index in [-0.39, 0.29) is 17.4 Å². The third-order valence-corrected chi connectivity index (χ3v) is 6.10. The number of ether oxygens (including phenoxy) is 2. The van der Waals surface area contributed by atoms with Gasteiger partial charge in [0.15, 0.2) is 5.82 Å². The molecule has 0 fully saturated rings. The molecule has 0 aliphatic carbocycles. The van der Waals surface area contributed by atoms with Gasteiger partial charge in [-0.25, -0.2) is 4.79 Å². The number of benzene rings is 2. The molecule has 0 N–H and O–H groups in total. The molecule has 3 aromatic heterocycles. The van der Waals surface area contributed by atoms with Gasteiger partial charge in [0.2, 0.25) is 4.96 Å². The minimum atomic E-state index is -0.461. The monoisotopic (exact) mass is 501 g/mol. The van der Waals surface area contributed by atoms with Gasteiger partial charge in [-0.2, -0.15) is 9.50 Å². The summed E-state index contributed by atoms with van der Waals surface area (Å²) in [4.78, 5) is 41.0. The Balaban J connectivity index is 1.43. The minimum absolute atomic E-state index is 0.285. The number of rotatable bonds is 6. The van der Waals surface area contributed by atoms with Crippen LogP contribution in [0.1, 0.15) is 30.0 Å². The van der Waals surface area contributed by atoms with Crippen LogP contribution in [0.5, 0.6) is 5.75 Å². The Morgan fingerprint density at radius 1 is 1.08 bits per heavy atom. The second-order valence-electron chi connectivity index (χ2n) is 7.64. The molecule has 2 aromatic carbocycles. The zero-order chi connectivity index (χ0) is 25.2. The Bertz CT molecular complexity index is 1700. The van der Waals surface area contributed by atoms with Crippen LogP contribution in [0.4, 0.5) is 0 Å². The van der Waals surface area contributed by atoms with Gasteiger partial charge in [0, 0.05) is 18.6 Å². The van der Waals surface area contributed by atoms with Crippen molar-refractivity contribution in [2.75, 3.05) is 6.61 Å². The second-order valence-corrected chi connectivity index (χ2v) is 8.64. The topological polar surface area (TPSA) is 113 Å². The number of aromatic nitrogens is 3. The maximum Gasteiger partial charge on any atom is 0.338 e. The molecule has 0 radical (unpaired) electrons. The van der Waals surface area contributed by atoms with E-state index in [2.05, 4.69) is 10.1 Å². The van der Waals surface area contributed by atoms with Crippen molar-refractivity contribution in [3.8, 4) is 28.5 Å². The number of hydrogen-bond donors (Lipinski definition) is 0. The molecular formula is C26H19N3O6S. The Morgan fingerprint density at radius 2 is 1.86 bits per heavy atom. The van der Waals surface area contributed by atoms with Crippen molar-refractivity contribution in [1.82, 2.24) is 14.6 Å². The van der Waals surface area contributed by atoms with Crippen molar-refractivity contribution in [2.24, 2.45) is 0 Å². The number of nitrogens with zero attached hydrogens (tertiary/aromatic N) is 3. The standard InChI is InChI=1S/C26H19N3O6S/c1-3-33-25(32)17-10-8-16(9-11-17)20-13-12-18(35-20)14-22-24(31)29-26(36-22)27-23(28-29)19-6-4-5-7-21(19)34-15(2)30/h4-14H,3H2,1-2H3. The highest BCUT2D eigenvalue weighted by molar-refractivity contribution is 7.15. The first kappa shape index (κ1) is 23.2. The first-order valence-corrected chi connectivity index (χ1v) is 11.8. The number of hydrogen-bond acceptors (Lipinski definition) is 9. The van der Waals surface area contributed by atoms with E-state index in [4.69, 9.17) is 13.9 Å². The number of furan rings is 1. The van der Waals surface area contributed by atoms with Crippen LogP contribution in [0, 0.1) is 0 Å². The van der Waals surface area contributed by atoms with E-state index < -0.39 is 5.97 Å². The molecule has 10 heteroatoms. The van der Waals surface area contributed by atoms with Gasteiger partial charge in [-0.05, 0) is 43.3 Å². The summed E-state index contributed by atoms with van der Waals surface area (Å²) in [5.41, 5.74) is 1.41. The van der Waals surface area contributed by atoms with Crippen LogP contribution in [-0.2, 0) is 9.53 Å². The maximum atomic E-state index is 12.9. The predicted octanol–water partition coefficient (Wildman–Crippen LogP) is 3.73. The van der Waals surface area contributed by atoms with Gasteiger partial charge in [0.25, 0.3) is 5.56 Å². The van der Waals surface area contributed by atoms with Crippen molar-refractivity contribution in [2.45, 2.75) is 13.8 Å². The lowest BCUT2D eigenvalue weighted by Gasteiger charge is -2.04. The smallest absolute Gasteiger partial charge is 0.338 e. The quantitative estimate of drug-likeness (QED) is 0.256. The highest BCUT2D eigenvalue weighted by Gasteiger charge is 2.16. The van der Waals surface area contributed by atoms with Gasteiger partial charge in [0.05, 0.1) is 17.7 Å². The number of esters is 2. The summed E-state index contributed by atoms with van der Waals surface area (Å²) in [6.45, 7) is 3.38. The van der Waals surface area contributed by atoms with Crippen molar-refractivity contribution < 1.29 is 23.5 Å². The van der Waals surface area contributed by atoms with Crippen LogP contribution in [0.3, 0.4) is 0 Å². The van der Waals surface area contributed by atoms with E-state index >= 15 is 0 Å². The SMILES string of the molecule is CCOC(=O)c1ccc(-c2ccc(C=c3sc4nc(-c5ccccc5OC(C)=O)nn4c3=O)o2)cc1. The van der Waals surface area contributed by atoms with Crippen molar-refractivity contribution in [3.63, 3.8) is 0 Å². The zero-order valence-corrected chi connectivity index (χ0v) is 20.1. The molecule has 0 saturated heterocycles. The van der Waals surface area contributed by atoms with Crippen molar-refractivity contribution in [1.29, 1.82) is 0 Å². The number of carbonyl (C=O) groups excluding carboxylic acids is 2. The highest BCUT2D eigenvalue weighted by atomic mass is 32.1. The first-order valence-electron chi connectivity index (χ1n) is 11.0. The molecule has 0 aliphatic heterocycles. The molecule has 180 valence electrons. The molecule has 0 aliphatic rings. The van der Waals surface area contributed by atoms with Crippen LogP contribution in [-0.4, -0.2) is 33.1 Å². The lowest BCUT2D eigenvalue weighted by Crippen LogP contribution is -2.23. The number of fused-ring (bicyclic) bond motifs is 1. The predicted molar refractivity (Wildman–Crippen MR) is 133 cm³/mol. The first-order chi connectivity index (χ1) is 17.4. The van der Waals surface area contributed by atoms with E-state index in [1.807, 2.05) is 0 Å². The van der Waals surface area contributed by atoms with Gasteiger partial charge in [-0.3, -0.25) is 9.59 Å². The fraction of sp³-hybridized carbons (Fsp3) is 0.115. The Hall–Kier alpha value is -4.57. The van der Waals surface area contributed by atoms with Gasteiger partial charge in [0.1, 0.15) is 21.8 Å². The van der Waals surface area contributed by atoms with Crippen LogP contribution in [0.2, 0.25) is 0 Å². The lowest BCUT2D eigenvalue weighted by atomic mass is 10.1. The highest BCUT2D eigenvalue weighted by Crippen LogP contribution is 2.28. The van der Waals surface area contributed by atoms with Crippen LogP contribution in [0.15, 0.2) is 69.9 Å². The van der Waals surface area contributed by atoms with E-state index in [0.717, 1.165) is 5.56 Å². The number of thiazole rings is 1. The summed E-state index contributed by atoms with van der Waals surface area (Å²) < 4.78 is 17.7. The van der Waals surface area contributed by atoms with E-state index in [1.54, 1.807) is 73.7 Å². The normalized spacial score (nSPS) is 11.7. The lowest BCUT2D eigenvalue weighted by molar-refractivity contribution is -0.131. The molecule has 3 heterocycles. The van der Waals surface area contributed by atoms with Gasteiger partial charge >= 0.3 is 11.9 Å². The summed E-state index contributed by atoms with van der Waals surface area (Å²) >= 11 is 1.17. The largest absolute Gasteiger partial charge is 0.462 e. The van der Waals surface area contributed by atoms with E-state index in [9.17, 15) is 14.4 Å². The average Bonchev–Trinajstić information content (AvgIpc) is 3.57. The molecule has 0 bridgehead atoms. The van der Waals surface area contributed by atoms with Gasteiger partial charge < -0.3 is 13.9 Å². The number of carbonyl (C=O) groups is 2. The molecular weight excluding hydrogens is 482 g/mol. The molecule has 9 nitrogen and oxygen atoms in total. The fourth-order valence-corrected chi connectivity index (χ4v) is 4.43. The third-order valence-electron chi connectivity index (χ3n) is 5.14. The third kappa shape index (κ3) is 4.53. The summed E-state index contributed by atoms with van der Waals surface area (Å²) in [6, 6.07) is 17.3. The molecule has 0 spiro atoms. The molecule has 36 heavy (non-hydrogen) atoms. The van der Waals surface area contributed by atoms with Crippen molar-refractivity contribution in [3.05, 3.63) is 86.9 Å². The van der Waals surface area contributed by atoms with Gasteiger partial charge in [-0.1, -0.05) is 35.6 Å². The van der Waals surface area contributed by atoms with E-state index in [1.165, 1.54) is 22.8 Å². The number of para-hydroxylation sites is 1. The molecule has 5 aromatic rings. The second kappa shape index (κ2) is 9.59. The van der Waals surface area contributed by atoms with Crippen molar-refractivity contribution >= 4 is 34.3 Å². The fourth-order valence-electron chi connectivity index (χ4n) is 3.54. The summed E-state index contributed by atoms with van der Waals surface area (Å²) in [7, 11) is 0. The maximum absolute atomic E-state index is 12.9. The molecule has 0 unspecified atom stereocenters. The molecule has 5 rings (SSSR count). The van der Waals surface area contributed by atoms with E-state index in [0.29, 0.717) is 44.5 Å². The van der Waals surface area contributed by atoms with Crippen LogP contribution in [0.25, 0.3) is 33.7 Å². The molecule has 0 amide bonds. The zero-order valence-electron chi connectivity index (χ0n) is 19.3. The van der Waals surface area contributed by atoms with Gasteiger partial charge in [-0.15, -0.1) is 5.10 Å². The summed E-state index contributed by atoms with van der Waals surface area (Å²) in [5.74, 6) is 0.844. The Labute approximate surface area is 208 Å². The summed E-state index contributed by atoms with van der Waals surface area (Å²) in [6.07, 6.45) is 1.63. The average molecular weight is 502 g/mol. The Morgan fingerprint density at radius 3 is 2.58 bits per heavy atom. The minimum Gasteiger partial charge on any atom is -0.462 e. The molecule has 0 atom stereocenters. The summed E-state index contributed by atoms with van der Waals surface area (Å²) in [5, 5.41) is 4.32.